The molecular weight excluding hydrogens is 326 g/mol. The number of likely N-dealkylation sites (N-methyl/N-ethyl adjacent to an activating group) is 1. The van der Waals surface area contributed by atoms with Crippen molar-refractivity contribution in [2.75, 3.05) is 25.5 Å². The fraction of sp³-hybridized carbons (Fsp3) is 0.316. The first-order valence-corrected chi connectivity index (χ1v) is 8.03. The molecule has 0 spiro atoms. The molecule has 2 rings (SSSR count). The Morgan fingerprint density at radius 1 is 1.16 bits per heavy atom. The van der Waals surface area contributed by atoms with Crippen LogP contribution in [0.25, 0.3) is 0 Å². The summed E-state index contributed by atoms with van der Waals surface area (Å²) in [7, 11) is 1.75. The Balaban J connectivity index is 1.85. The van der Waals surface area contributed by atoms with Gasteiger partial charge >= 0.3 is 0 Å². The Bertz CT molecular complexity index is 700. The number of anilines is 1. The minimum Gasteiger partial charge on any atom is -0.492 e. The number of rotatable bonds is 7. The van der Waals surface area contributed by atoms with Gasteiger partial charge in [-0.1, -0.05) is 23.8 Å². The van der Waals surface area contributed by atoms with Crippen LogP contribution in [0.1, 0.15) is 12.5 Å². The zero-order valence-electron chi connectivity index (χ0n) is 14.6. The number of amides is 1. The lowest BCUT2D eigenvalue weighted by Crippen LogP contribution is -2.41. The van der Waals surface area contributed by atoms with Crippen molar-refractivity contribution in [2.45, 2.75) is 19.9 Å². The minimum atomic E-state index is -0.800. The number of carbonyl (C=O) groups excluding carboxylic acids is 1. The maximum absolute atomic E-state index is 13.6. The molecule has 4 nitrogen and oxygen atoms in total. The molecule has 1 atom stereocenters. The summed E-state index contributed by atoms with van der Waals surface area (Å²) < 4.78 is 32.8. The van der Waals surface area contributed by atoms with Crippen molar-refractivity contribution in [2.24, 2.45) is 0 Å². The Morgan fingerprint density at radius 2 is 1.76 bits per heavy atom. The van der Waals surface area contributed by atoms with Gasteiger partial charge in [-0.25, -0.2) is 8.78 Å². The minimum absolute atomic E-state index is 0.394. The summed E-state index contributed by atoms with van der Waals surface area (Å²) in [6, 6.07) is 10.6. The second kappa shape index (κ2) is 8.58. The molecule has 0 bridgehead atoms. The molecule has 0 radical (unpaired) electrons. The highest BCUT2D eigenvalue weighted by atomic mass is 19.1. The molecule has 1 unspecified atom stereocenters. The Kier molecular flexibility index (Phi) is 6.47. The lowest BCUT2D eigenvalue weighted by Gasteiger charge is -2.24. The van der Waals surface area contributed by atoms with E-state index in [0.29, 0.717) is 13.2 Å². The molecule has 6 heteroatoms. The third kappa shape index (κ3) is 5.26. The van der Waals surface area contributed by atoms with Crippen molar-refractivity contribution in [1.29, 1.82) is 0 Å². The molecule has 25 heavy (non-hydrogen) atoms. The summed E-state index contributed by atoms with van der Waals surface area (Å²) in [4.78, 5) is 14.0. The predicted octanol–water partition coefficient (Wildman–Crippen LogP) is 3.61. The molecule has 0 aliphatic rings. The number of para-hydroxylation sites is 1. The lowest BCUT2D eigenvalue weighted by atomic mass is 10.2. The highest BCUT2D eigenvalue weighted by molar-refractivity contribution is 5.94. The third-order valence-corrected chi connectivity index (χ3v) is 3.99. The number of aryl methyl sites for hydroxylation is 1. The lowest BCUT2D eigenvalue weighted by molar-refractivity contribution is -0.120. The van der Waals surface area contributed by atoms with Crippen molar-refractivity contribution in [1.82, 2.24) is 4.90 Å². The highest BCUT2D eigenvalue weighted by Crippen LogP contribution is 2.18. The second-order valence-electron chi connectivity index (χ2n) is 5.90. The molecule has 1 N–H and O–H groups in total. The molecule has 0 heterocycles. The van der Waals surface area contributed by atoms with Crippen LogP contribution in [0.4, 0.5) is 14.5 Å². The fourth-order valence-electron chi connectivity index (χ4n) is 2.18. The van der Waals surface area contributed by atoms with Crippen LogP contribution in [0.2, 0.25) is 0 Å². The van der Waals surface area contributed by atoms with E-state index >= 15 is 0 Å². The summed E-state index contributed by atoms with van der Waals surface area (Å²) in [5, 5.41) is 2.30. The normalized spacial score (nSPS) is 12.1. The molecule has 134 valence electrons. The monoisotopic (exact) mass is 348 g/mol. The standard InChI is InChI=1S/C19H22F2N2O2/c1-13-7-9-15(10-8-13)25-12-11-23(3)14(2)19(24)22-18-16(20)5-4-6-17(18)21/h4-10,14H,11-12H2,1-3H3,(H,22,24). The molecule has 0 saturated heterocycles. The number of carbonyl (C=O) groups is 1. The summed E-state index contributed by atoms with van der Waals surface area (Å²) >= 11 is 0. The van der Waals surface area contributed by atoms with Crippen LogP contribution in [0.5, 0.6) is 5.75 Å². The first kappa shape index (κ1) is 18.9. The number of hydrogen-bond acceptors (Lipinski definition) is 3. The molecule has 0 aliphatic carbocycles. The molecule has 2 aromatic rings. The van der Waals surface area contributed by atoms with Crippen molar-refractivity contribution < 1.29 is 18.3 Å². The van der Waals surface area contributed by atoms with Crippen LogP contribution in [-0.4, -0.2) is 37.0 Å². The van der Waals surface area contributed by atoms with Crippen LogP contribution < -0.4 is 10.1 Å². The smallest absolute Gasteiger partial charge is 0.241 e. The second-order valence-corrected chi connectivity index (χ2v) is 5.90. The zero-order chi connectivity index (χ0) is 18.4. The van der Waals surface area contributed by atoms with E-state index in [1.54, 1.807) is 18.9 Å². The topological polar surface area (TPSA) is 41.6 Å². The van der Waals surface area contributed by atoms with Gasteiger partial charge in [0.25, 0.3) is 0 Å². The van der Waals surface area contributed by atoms with Crippen molar-refractivity contribution in [3.63, 3.8) is 0 Å². The van der Waals surface area contributed by atoms with Crippen LogP contribution >= 0.6 is 0 Å². The maximum atomic E-state index is 13.6. The van der Waals surface area contributed by atoms with E-state index in [1.165, 1.54) is 6.07 Å². The van der Waals surface area contributed by atoms with E-state index in [4.69, 9.17) is 4.74 Å². The molecule has 0 saturated carbocycles. The Hall–Kier alpha value is -2.47. The maximum Gasteiger partial charge on any atom is 0.241 e. The number of nitrogens with one attached hydrogen (secondary N) is 1. The number of ether oxygens (including phenoxy) is 1. The van der Waals surface area contributed by atoms with E-state index in [9.17, 15) is 13.6 Å². The van der Waals surface area contributed by atoms with Gasteiger partial charge in [-0.3, -0.25) is 9.69 Å². The van der Waals surface area contributed by atoms with Gasteiger partial charge in [0.15, 0.2) is 0 Å². The van der Waals surface area contributed by atoms with Gasteiger partial charge in [-0.2, -0.15) is 0 Å². The van der Waals surface area contributed by atoms with Gasteiger partial charge in [-0.15, -0.1) is 0 Å². The fourth-order valence-corrected chi connectivity index (χ4v) is 2.18. The van der Waals surface area contributed by atoms with Gasteiger partial charge in [0, 0.05) is 6.54 Å². The van der Waals surface area contributed by atoms with E-state index in [1.807, 2.05) is 31.2 Å². The summed E-state index contributed by atoms with van der Waals surface area (Å²) in [6.45, 7) is 4.55. The van der Waals surface area contributed by atoms with Gasteiger partial charge in [0.05, 0.1) is 6.04 Å². The molecule has 2 aromatic carbocycles. The van der Waals surface area contributed by atoms with Crippen LogP contribution in [0.15, 0.2) is 42.5 Å². The molecular formula is C19H22F2N2O2. The van der Waals surface area contributed by atoms with Crippen LogP contribution in [0, 0.1) is 18.6 Å². The van der Waals surface area contributed by atoms with Crippen LogP contribution in [-0.2, 0) is 4.79 Å². The van der Waals surface area contributed by atoms with Gasteiger partial charge in [0.2, 0.25) is 5.91 Å². The van der Waals surface area contributed by atoms with Crippen molar-refractivity contribution >= 4 is 11.6 Å². The molecule has 0 aliphatic heterocycles. The average Bonchev–Trinajstić information content (AvgIpc) is 2.59. The average molecular weight is 348 g/mol. The Morgan fingerprint density at radius 3 is 2.36 bits per heavy atom. The van der Waals surface area contributed by atoms with Gasteiger partial charge < -0.3 is 10.1 Å². The predicted molar refractivity (Wildman–Crippen MR) is 93.8 cm³/mol. The quantitative estimate of drug-likeness (QED) is 0.831. The third-order valence-electron chi connectivity index (χ3n) is 3.99. The van der Waals surface area contributed by atoms with Gasteiger partial charge in [0.1, 0.15) is 29.7 Å². The largest absolute Gasteiger partial charge is 0.492 e. The number of benzene rings is 2. The number of nitrogens with zero attached hydrogens (tertiary/aromatic N) is 1. The summed E-state index contributed by atoms with van der Waals surface area (Å²) in [5.41, 5.74) is 0.721. The first-order valence-electron chi connectivity index (χ1n) is 8.03. The Labute approximate surface area is 146 Å². The SMILES string of the molecule is Cc1ccc(OCCN(C)C(C)C(=O)Nc2c(F)cccc2F)cc1. The van der Waals surface area contributed by atoms with Gasteiger partial charge in [-0.05, 0) is 45.2 Å². The zero-order valence-corrected chi connectivity index (χ0v) is 14.6. The summed E-state index contributed by atoms with van der Waals surface area (Å²) in [6.07, 6.45) is 0. The number of hydrogen-bond donors (Lipinski definition) is 1. The summed E-state index contributed by atoms with van der Waals surface area (Å²) in [5.74, 6) is -1.33. The van der Waals surface area contributed by atoms with Crippen LogP contribution in [0.3, 0.4) is 0 Å². The van der Waals surface area contributed by atoms with E-state index < -0.39 is 29.3 Å². The van der Waals surface area contributed by atoms with E-state index in [-0.39, 0.29) is 0 Å². The molecule has 1 amide bonds. The first-order chi connectivity index (χ1) is 11.9. The molecule has 0 aromatic heterocycles. The van der Waals surface area contributed by atoms with E-state index in [0.717, 1.165) is 23.4 Å². The highest BCUT2D eigenvalue weighted by Gasteiger charge is 2.20. The van der Waals surface area contributed by atoms with Crippen molar-refractivity contribution in [3.8, 4) is 5.75 Å². The number of halogens is 2. The van der Waals surface area contributed by atoms with Crippen molar-refractivity contribution in [3.05, 3.63) is 59.7 Å². The van der Waals surface area contributed by atoms with E-state index in [2.05, 4.69) is 5.32 Å². The molecule has 0 fully saturated rings.